The fourth-order valence-corrected chi connectivity index (χ4v) is 3.10. The Balaban J connectivity index is 2.04. The van der Waals surface area contributed by atoms with Crippen molar-refractivity contribution in [3.05, 3.63) is 23.2 Å². The van der Waals surface area contributed by atoms with Crippen molar-refractivity contribution in [2.75, 3.05) is 26.1 Å². The zero-order valence-corrected chi connectivity index (χ0v) is 14.6. The first-order valence-corrected chi connectivity index (χ1v) is 8.20. The molecule has 0 saturated heterocycles. The summed E-state index contributed by atoms with van der Waals surface area (Å²) >= 11 is 6.24. The molecule has 2 rings (SSSR count). The average Bonchev–Trinajstić information content (AvgIpc) is 3.00. The Kier molecular flexibility index (Phi) is 6.27. The maximum atomic E-state index is 12.5. The van der Waals surface area contributed by atoms with E-state index in [1.165, 1.54) is 0 Å². The van der Waals surface area contributed by atoms with Gasteiger partial charge in [0.05, 0.1) is 11.6 Å². The molecule has 1 aromatic rings. The third kappa shape index (κ3) is 4.37. The zero-order valence-electron chi connectivity index (χ0n) is 13.9. The standard InChI is InChI=1S/C17H24ClNO4/c1-12(11-21-2)23-15-7-6-13(10-14(15)18)19-16(20)17(22-3)8-4-5-9-17/h6-7,10,12H,4-5,8-9,11H2,1-3H3,(H,19,20). The molecule has 0 radical (unpaired) electrons. The molecule has 23 heavy (non-hydrogen) atoms. The van der Waals surface area contributed by atoms with Gasteiger partial charge < -0.3 is 19.5 Å². The first-order chi connectivity index (χ1) is 11.0. The van der Waals surface area contributed by atoms with Gasteiger partial charge in [0, 0.05) is 19.9 Å². The van der Waals surface area contributed by atoms with Gasteiger partial charge in [-0.2, -0.15) is 0 Å². The van der Waals surface area contributed by atoms with Crippen molar-refractivity contribution >= 4 is 23.2 Å². The normalized spacial score (nSPS) is 17.7. The van der Waals surface area contributed by atoms with E-state index in [9.17, 15) is 4.79 Å². The van der Waals surface area contributed by atoms with Crippen molar-refractivity contribution in [1.29, 1.82) is 0 Å². The van der Waals surface area contributed by atoms with E-state index in [4.69, 9.17) is 25.8 Å². The van der Waals surface area contributed by atoms with Crippen LogP contribution < -0.4 is 10.1 Å². The van der Waals surface area contributed by atoms with E-state index in [1.54, 1.807) is 32.4 Å². The Labute approximate surface area is 142 Å². The number of rotatable bonds is 7. The van der Waals surface area contributed by atoms with Crippen LogP contribution in [0.15, 0.2) is 18.2 Å². The number of amides is 1. The van der Waals surface area contributed by atoms with Crippen LogP contribution in [0.4, 0.5) is 5.69 Å². The van der Waals surface area contributed by atoms with Crippen molar-refractivity contribution in [3.8, 4) is 5.75 Å². The fourth-order valence-electron chi connectivity index (χ4n) is 2.87. The maximum Gasteiger partial charge on any atom is 0.256 e. The second-order valence-electron chi connectivity index (χ2n) is 5.89. The van der Waals surface area contributed by atoms with Crippen molar-refractivity contribution in [1.82, 2.24) is 0 Å². The third-order valence-electron chi connectivity index (χ3n) is 4.14. The molecule has 1 N–H and O–H groups in total. The summed E-state index contributed by atoms with van der Waals surface area (Å²) in [6.07, 6.45) is 3.41. The van der Waals surface area contributed by atoms with Gasteiger partial charge in [0.15, 0.2) is 0 Å². The van der Waals surface area contributed by atoms with Crippen LogP contribution in [0, 0.1) is 0 Å². The number of ether oxygens (including phenoxy) is 3. The molecule has 0 aromatic heterocycles. The van der Waals surface area contributed by atoms with E-state index < -0.39 is 5.60 Å². The highest BCUT2D eigenvalue weighted by molar-refractivity contribution is 6.32. The first kappa shape index (κ1) is 18.0. The molecule has 1 amide bonds. The zero-order chi connectivity index (χ0) is 16.9. The number of carbonyl (C=O) groups excluding carboxylic acids is 1. The van der Waals surface area contributed by atoms with Crippen molar-refractivity contribution in [3.63, 3.8) is 0 Å². The Morgan fingerprint density at radius 2 is 2.04 bits per heavy atom. The lowest BCUT2D eigenvalue weighted by Crippen LogP contribution is -2.42. The highest BCUT2D eigenvalue weighted by Gasteiger charge is 2.41. The minimum Gasteiger partial charge on any atom is -0.487 e. The molecule has 0 spiro atoms. The summed E-state index contributed by atoms with van der Waals surface area (Å²) in [7, 11) is 3.21. The smallest absolute Gasteiger partial charge is 0.256 e. The molecule has 5 nitrogen and oxygen atoms in total. The fraction of sp³-hybridized carbons (Fsp3) is 0.588. The molecule has 1 saturated carbocycles. The lowest BCUT2D eigenvalue weighted by Gasteiger charge is -2.26. The highest BCUT2D eigenvalue weighted by Crippen LogP contribution is 2.35. The predicted molar refractivity (Wildman–Crippen MR) is 90.3 cm³/mol. The SMILES string of the molecule is COCC(C)Oc1ccc(NC(=O)C2(OC)CCCC2)cc1Cl. The number of methoxy groups -OCH3 is 2. The summed E-state index contributed by atoms with van der Waals surface area (Å²) in [5, 5.41) is 3.34. The van der Waals surface area contributed by atoms with Gasteiger partial charge in [-0.05, 0) is 50.8 Å². The summed E-state index contributed by atoms with van der Waals surface area (Å²) in [6.45, 7) is 2.38. The van der Waals surface area contributed by atoms with Crippen LogP contribution in [-0.2, 0) is 14.3 Å². The third-order valence-corrected chi connectivity index (χ3v) is 4.43. The monoisotopic (exact) mass is 341 g/mol. The molecule has 1 fully saturated rings. The van der Waals surface area contributed by atoms with Gasteiger partial charge in [0.1, 0.15) is 17.5 Å². The molecule has 1 aliphatic carbocycles. The van der Waals surface area contributed by atoms with E-state index in [0.717, 1.165) is 25.7 Å². The van der Waals surface area contributed by atoms with Crippen LogP contribution in [0.3, 0.4) is 0 Å². The largest absolute Gasteiger partial charge is 0.487 e. The molecular formula is C17H24ClNO4. The summed E-state index contributed by atoms with van der Waals surface area (Å²) < 4.78 is 16.2. The van der Waals surface area contributed by atoms with Crippen LogP contribution in [0.2, 0.25) is 5.02 Å². The van der Waals surface area contributed by atoms with Gasteiger partial charge in [0.2, 0.25) is 0 Å². The van der Waals surface area contributed by atoms with E-state index in [-0.39, 0.29) is 12.0 Å². The Morgan fingerprint density at radius 3 is 2.61 bits per heavy atom. The van der Waals surface area contributed by atoms with Gasteiger partial charge in [0.25, 0.3) is 5.91 Å². The van der Waals surface area contributed by atoms with Crippen LogP contribution in [0.5, 0.6) is 5.75 Å². The van der Waals surface area contributed by atoms with Crippen molar-refractivity contribution in [2.24, 2.45) is 0 Å². The van der Waals surface area contributed by atoms with Gasteiger partial charge in [-0.1, -0.05) is 11.6 Å². The Hall–Kier alpha value is -1.30. The molecule has 1 atom stereocenters. The number of benzene rings is 1. The molecule has 0 bridgehead atoms. The number of anilines is 1. The number of carbonyl (C=O) groups is 1. The second-order valence-corrected chi connectivity index (χ2v) is 6.30. The van der Waals surface area contributed by atoms with Gasteiger partial charge in [-0.25, -0.2) is 0 Å². The van der Waals surface area contributed by atoms with Crippen molar-refractivity contribution in [2.45, 2.75) is 44.3 Å². The maximum absolute atomic E-state index is 12.5. The van der Waals surface area contributed by atoms with Crippen LogP contribution >= 0.6 is 11.6 Å². The summed E-state index contributed by atoms with van der Waals surface area (Å²) in [5.74, 6) is 0.450. The molecule has 1 aliphatic rings. The van der Waals surface area contributed by atoms with Gasteiger partial charge in [-0.3, -0.25) is 4.79 Å². The predicted octanol–water partition coefficient (Wildman–Crippen LogP) is 3.65. The van der Waals surface area contributed by atoms with E-state index in [2.05, 4.69) is 5.32 Å². The van der Waals surface area contributed by atoms with Crippen LogP contribution in [0.1, 0.15) is 32.6 Å². The van der Waals surface area contributed by atoms with Crippen molar-refractivity contribution < 1.29 is 19.0 Å². The second kappa shape index (κ2) is 7.99. The minimum atomic E-state index is -0.714. The molecule has 0 heterocycles. The van der Waals surface area contributed by atoms with E-state index in [1.807, 2.05) is 6.92 Å². The summed E-state index contributed by atoms with van der Waals surface area (Å²) in [6, 6.07) is 5.21. The molecular weight excluding hydrogens is 318 g/mol. The van der Waals surface area contributed by atoms with Crippen LogP contribution in [0.25, 0.3) is 0 Å². The summed E-state index contributed by atoms with van der Waals surface area (Å²) in [4.78, 5) is 12.5. The number of hydrogen-bond acceptors (Lipinski definition) is 4. The molecule has 1 aromatic carbocycles. The van der Waals surface area contributed by atoms with E-state index >= 15 is 0 Å². The highest BCUT2D eigenvalue weighted by atomic mass is 35.5. The number of halogens is 1. The molecule has 6 heteroatoms. The molecule has 0 aliphatic heterocycles. The topological polar surface area (TPSA) is 56.8 Å². The average molecular weight is 342 g/mol. The van der Waals surface area contributed by atoms with Gasteiger partial charge in [-0.15, -0.1) is 0 Å². The molecule has 128 valence electrons. The van der Waals surface area contributed by atoms with E-state index in [0.29, 0.717) is 23.1 Å². The minimum absolute atomic E-state index is 0.104. The first-order valence-electron chi connectivity index (χ1n) is 7.82. The quantitative estimate of drug-likeness (QED) is 0.822. The molecule has 1 unspecified atom stereocenters. The number of hydrogen-bond donors (Lipinski definition) is 1. The summed E-state index contributed by atoms with van der Waals surface area (Å²) in [5.41, 5.74) is -0.0793. The lowest BCUT2D eigenvalue weighted by molar-refractivity contribution is -0.136. The van der Waals surface area contributed by atoms with Crippen LogP contribution in [-0.4, -0.2) is 38.4 Å². The Morgan fingerprint density at radius 1 is 1.35 bits per heavy atom. The van der Waals surface area contributed by atoms with Gasteiger partial charge >= 0.3 is 0 Å². The number of nitrogens with one attached hydrogen (secondary N) is 1. The Bertz CT molecular complexity index is 543. The lowest BCUT2D eigenvalue weighted by atomic mass is 10.0.